The van der Waals surface area contributed by atoms with Gasteiger partial charge in [-0.15, -0.1) is 11.3 Å². The number of nitrogens with zero attached hydrogens (tertiary/aromatic N) is 2. The third-order valence-electron chi connectivity index (χ3n) is 4.45. The number of carbonyl (C=O) groups excluding carboxylic acids is 1. The first kappa shape index (κ1) is 20.3. The van der Waals surface area contributed by atoms with Gasteiger partial charge in [-0.3, -0.25) is 4.79 Å². The summed E-state index contributed by atoms with van der Waals surface area (Å²) in [7, 11) is 0. The molecule has 0 saturated heterocycles. The van der Waals surface area contributed by atoms with Crippen LogP contribution in [-0.2, 0) is 11.3 Å². The molecule has 3 aromatic rings. The van der Waals surface area contributed by atoms with Crippen molar-refractivity contribution in [3.63, 3.8) is 0 Å². The Bertz CT molecular complexity index is 964. The Labute approximate surface area is 174 Å². The van der Waals surface area contributed by atoms with Crippen molar-refractivity contribution in [1.82, 2.24) is 9.78 Å². The number of carbonyl (C=O) groups is 1. The van der Waals surface area contributed by atoms with E-state index < -0.39 is 0 Å². The number of anilines is 1. The molecule has 1 aromatic carbocycles. The van der Waals surface area contributed by atoms with Gasteiger partial charge in [-0.25, -0.2) is 4.68 Å². The summed E-state index contributed by atoms with van der Waals surface area (Å²) in [5.74, 6) is -0.0432. The van der Waals surface area contributed by atoms with E-state index >= 15 is 0 Å². The molecule has 0 fully saturated rings. The van der Waals surface area contributed by atoms with E-state index in [0.29, 0.717) is 13.1 Å². The molecule has 0 aliphatic carbocycles. The Morgan fingerprint density at radius 1 is 1.29 bits per heavy atom. The molecule has 2 heterocycles. The molecule has 0 aliphatic rings. The Balaban J connectivity index is 1.71. The predicted molar refractivity (Wildman–Crippen MR) is 116 cm³/mol. The maximum Gasteiger partial charge on any atom is 0.279 e. The van der Waals surface area contributed by atoms with E-state index in [0.717, 1.165) is 43.4 Å². The molecule has 28 heavy (non-hydrogen) atoms. The van der Waals surface area contributed by atoms with Crippen LogP contribution in [0.2, 0.25) is 4.34 Å². The van der Waals surface area contributed by atoms with E-state index in [1.54, 1.807) is 11.3 Å². The zero-order valence-electron chi connectivity index (χ0n) is 16.0. The Kier molecular flexibility index (Phi) is 6.67. The number of thiophene rings is 1. The number of nitrogens with one attached hydrogen (secondary N) is 2. The summed E-state index contributed by atoms with van der Waals surface area (Å²) in [6.45, 7) is 9.46. The number of halogens is 1. The summed E-state index contributed by atoms with van der Waals surface area (Å²) in [4.78, 5) is 15.0. The van der Waals surface area contributed by atoms with Crippen LogP contribution in [0.15, 0.2) is 55.1 Å². The predicted octanol–water partition coefficient (Wildman–Crippen LogP) is 3.41. The zero-order chi connectivity index (χ0) is 20.1. The van der Waals surface area contributed by atoms with Gasteiger partial charge >= 0.3 is 0 Å². The molecular formula is C21H24ClN4OS+. The molecular weight excluding hydrogens is 392 g/mol. The lowest BCUT2D eigenvalue weighted by Crippen LogP contribution is -3.11. The van der Waals surface area contributed by atoms with Crippen LogP contribution < -0.4 is 10.2 Å². The van der Waals surface area contributed by atoms with Gasteiger partial charge in [-0.1, -0.05) is 36.4 Å². The highest BCUT2D eigenvalue weighted by Gasteiger charge is 2.19. The molecule has 0 bridgehead atoms. The zero-order valence-corrected chi connectivity index (χ0v) is 17.6. The van der Waals surface area contributed by atoms with Crippen LogP contribution in [-0.4, -0.2) is 28.8 Å². The fraction of sp³-hybridized carbons (Fsp3) is 0.238. The van der Waals surface area contributed by atoms with Crippen molar-refractivity contribution in [2.45, 2.75) is 20.4 Å². The molecule has 3 rings (SSSR count). The SMILES string of the molecule is C=CC[NH+](CC(=O)Nc1c(C)nn(-c2ccccc2)c1C)Cc1ccc(Cl)s1. The molecule has 146 valence electrons. The lowest BCUT2D eigenvalue weighted by Gasteiger charge is -2.17. The smallest absolute Gasteiger partial charge is 0.279 e. The van der Waals surface area contributed by atoms with Crippen molar-refractivity contribution in [3.8, 4) is 5.69 Å². The number of quaternary nitrogens is 1. The van der Waals surface area contributed by atoms with E-state index in [9.17, 15) is 4.79 Å². The molecule has 7 heteroatoms. The quantitative estimate of drug-likeness (QED) is 0.554. The Morgan fingerprint density at radius 2 is 2.04 bits per heavy atom. The van der Waals surface area contributed by atoms with E-state index in [1.165, 1.54) is 0 Å². The number of aryl methyl sites for hydroxylation is 1. The standard InChI is InChI=1S/C21H23ClN4OS/c1-4-12-25(13-18-10-11-19(22)28-18)14-20(27)23-21-15(2)24-26(16(21)3)17-8-6-5-7-9-17/h4-11H,1,12-14H2,2-3H3,(H,23,27)/p+1. The Morgan fingerprint density at radius 3 is 2.68 bits per heavy atom. The van der Waals surface area contributed by atoms with Crippen molar-refractivity contribution in [3.05, 3.63) is 75.7 Å². The van der Waals surface area contributed by atoms with Gasteiger partial charge in [0.25, 0.3) is 5.91 Å². The maximum atomic E-state index is 12.7. The topological polar surface area (TPSA) is 51.4 Å². The number of aromatic nitrogens is 2. The van der Waals surface area contributed by atoms with Crippen LogP contribution in [0.4, 0.5) is 5.69 Å². The first-order valence-corrected chi connectivity index (χ1v) is 10.3. The number of hydrogen-bond acceptors (Lipinski definition) is 3. The van der Waals surface area contributed by atoms with Crippen LogP contribution in [0.1, 0.15) is 16.3 Å². The highest BCUT2D eigenvalue weighted by Crippen LogP contribution is 2.23. The molecule has 2 N–H and O–H groups in total. The van der Waals surface area contributed by atoms with Crippen LogP contribution in [0.5, 0.6) is 0 Å². The van der Waals surface area contributed by atoms with Crippen LogP contribution in [0.3, 0.4) is 0 Å². The van der Waals surface area contributed by atoms with Crippen LogP contribution in [0, 0.1) is 13.8 Å². The van der Waals surface area contributed by atoms with Gasteiger partial charge in [-0.2, -0.15) is 5.10 Å². The fourth-order valence-corrected chi connectivity index (χ4v) is 4.32. The van der Waals surface area contributed by atoms with Crippen LogP contribution in [0.25, 0.3) is 5.69 Å². The van der Waals surface area contributed by atoms with E-state index in [2.05, 4.69) is 17.0 Å². The lowest BCUT2D eigenvalue weighted by atomic mass is 10.3. The van der Waals surface area contributed by atoms with Crippen LogP contribution >= 0.6 is 22.9 Å². The summed E-state index contributed by atoms with van der Waals surface area (Å²) in [6, 6.07) is 13.8. The van der Waals surface area contributed by atoms with Crippen molar-refractivity contribution in [2.75, 3.05) is 18.4 Å². The van der Waals surface area contributed by atoms with E-state index in [4.69, 9.17) is 11.6 Å². The van der Waals surface area contributed by atoms with Crippen molar-refractivity contribution < 1.29 is 9.69 Å². The number of amides is 1. The van der Waals surface area contributed by atoms with E-state index in [-0.39, 0.29) is 5.91 Å². The van der Waals surface area contributed by atoms with Crippen molar-refractivity contribution in [2.24, 2.45) is 0 Å². The lowest BCUT2D eigenvalue weighted by molar-refractivity contribution is -0.899. The highest BCUT2D eigenvalue weighted by atomic mass is 35.5. The minimum atomic E-state index is -0.0432. The highest BCUT2D eigenvalue weighted by molar-refractivity contribution is 7.16. The third-order valence-corrected chi connectivity index (χ3v) is 5.68. The molecule has 5 nitrogen and oxygen atoms in total. The second-order valence-corrected chi connectivity index (χ2v) is 8.44. The molecule has 0 spiro atoms. The summed E-state index contributed by atoms with van der Waals surface area (Å²) in [5, 5.41) is 7.63. The maximum absolute atomic E-state index is 12.7. The normalized spacial score (nSPS) is 12.0. The minimum absolute atomic E-state index is 0.0432. The molecule has 0 radical (unpaired) electrons. The monoisotopic (exact) mass is 415 g/mol. The number of hydrogen-bond donors (Lipinski definition) is 2. The van der Waals surface area contributed by atoms with Gasteiger partial charge in [0.05, 0.1) is 38.5 Å². The Hall–Kier alpha value is -2.41. The van der Waals surface area contributed by atoms with E-state index in [1.807, 2.05) is 67.1 Å². The molecule has 2 aromatic heterocycles. The molecule has 0 saturated carbocycles. The van der Waals surface area contributed by atoms with Gasteiger partial charge in [0.2, 0.25) is 0 Å². The minimum Gasteiger partial charge on any atom is -0.319 e. The summed E-state index contributed by atoms with van der Waals surface area (Å²) >= 11 is 7.57. The molecule has 1 unspecified atom stereocenters. The average Bonchev–Trinajstić information content (AvgIpc) is 3.20. The van der Waals surface area contributed by atoms with Gasteiger partial charge in [0.15, 0.2) is 6.54 Å². The number of rotatable bonds is 8. The average molecular weight is 416 g/mol. The van der Waals surface area contributed by atoms with Gasteiger partial charge < -0.3 is 10.2 Å². The van der Waals surface area contributed by atoms with Gasteiger partial charge in [0, 0.05) is 0 Å². The largest absolute Gasteiger partial charge is 0.319 e. The molecule has 1 amide bonds. The second kappa shape index (κ2) is 9.19. The fourth-order valence-electron chi connectivity index (χ4n) is 3.16. The third kappa shape index (κ3) is 4.90. The number of para-hydroxylation sites is 1. The summed E-state index contributed by atoms with van der Waals surface area (Å²) in [5.41, 5.74) is 3.44. The van der Waals surface area contributed by atoms with Crippen molar-refractivity contribution in [1.29, 1.82) is 0 Å². The van der Waals surface area contributed by atoms with Gasteiger partial charge in [-0.05, 0) is 44.2 Å². The van der Waals surface area contributed by atoms with Gasteiger partial charge in [0.1, 0.15) is 6.54 Å². The van der Waals surface area contributed by atoms with Crippen molar-refractivity contribution >= 4 is 34.5 Å². The second-order valence-electron chi connectivity index (χ2n) is 6.64. The first-order chi connectivity index (χ1) is 13.5. The number of benzene rings is 1. The molecule has 0 aliphatic heterocycles. The summed E-state index contributed by atoms with van der Waals surface area (Å²) < 4.78 is 2.62. The summed E-state index contributed by atoms with van der Waals surface area (Å²) in [6.07, 6.45) is 1.84. The first-order valence-electron chi connectivity index (χ1n) is 9.08. The molecule has 1 atom stereocenters.